The van der Waals surface area contributed by atoms with E-state index in [2.05, 4.69) is 55.0 Å². The van der Waals surface area contributed by atoms with Gasteiger partial charge in [-0.05, 0) is 58.9 Å². The van der Waals surface area contributed by atoms with Crippen LogP contribution in [0.3, 0.4) is 0 Å². The minimum atomic E-state index is 0. The Morgan fingerprint density at radius 2 is 1.41 bits per heavy atom. The van der Waals surface area contributed by atoms with Crippen molar-refractivity contribution < 1.29 is 26.2 Å². The Balaban J connectivity index is 0.00000205. The molecule has 2 fully saturated rings. The first-order valence-electron chi connectivity index (χ1n) is 11.7. The number of fused-ring (bicyclic) bond motifs is 1. The van der Waals surface area contributed by atoms with E-state index in [1.54, 1.807) is 11.1 Å². The largest absolute Gasteiger partial charge is 0.0613 e. The fraction of sp³-hybridized carbons (Fsp3) is 0.464. The molecule has 149 valence electrons. The van der Waals surface area contributed by atoms with Crippen molar-refractivity contribution in [3.05, 3.63) is 71.1 Å². The quantitative estimate of drug-likeness (QED) is 0.430. The Bertz CT molecular complexity index is 833. The molecule has 0 unspecified atom stereocenters. The van der Waals surface area contributed by atoms with Gasteiger partial charge in [0.15, 0.2) is 0 Å². The third-order valence-electron chi connectivity index (χ3n) is 7.36. The van der Waals surface area contributed by atoms with Gasteiger partial charge in [-0.1, -0.05) is 105 Å². The molecule has 5 rings (SSSR count). The van der Waals surface area contributed by atoms with Crippen molar-refractivity contribution in [1.29, 1.82) is 0 Å². The maximum absolute atomic E-state index is 2.48. The molecule has 2 aromatic rings. The van der Waals surface area contributed by atoms with Crippen LogP contribution in [-0.4, -0.2) is 0 Å². The van der Waals surface area contributed by atoms with Crippen LogP contribution in [0.4, 0.5) is 0 Å². The van der Waals surface area contributed by atoms with E-state index in [9.17, 15) is 0 Å². The smallest absolute Gasteiger partial charge is 0.0164 e. The van der Waals surface area contributed by atoms with Crippen molar-refractivity contribution in [3.8, 4) is 11.1 Å². The maximum Gasteiger partial charge on any atom is 0.0164 e. The van der Waals surface area contributed by atoms with Gasteiger partial charge in [-0.3, -0.25) is 0 Å². The molecule has 0 aliphatic heterocycles. The predicted molar refractivity (Wildman–Crippen MR) is 120 cm³/mol. The van der Waals surface area contributed by atoms with Gasteiger partial charge in [-0.15, -0.1) is 0 Å². The molecule has 0 atom stereocenters. The van der Waals surface area contributed by atoms with Crippen LogP contribution in [0.25, 0.3) is 17.2 Å². The zero-order valence-electron chi connectivity index (χ0n) is 17.6. The number of hydrogen-bond acceptors (Lipinski definition) is 0. The van der Waals surface area contributed by atoms with Crippen LogP contribution in [0.1, 0.15) is 93.2 Å². The summed E-state index contributed by atoms with van der Waals surface area (Å²) in [6, 6.07) is 16.4. The summed E-state index contributed by atoms with van der Waals surface area (Å²) in [7, 11) is 0. The van der Waals surface area contributed by atoms with Gasteiger partial charge in [0.05, 0.1) is 0 Å². The van der Waals surface area contributed by atoms with Crippen LogP contribution in [-0.2, 0) is 26.2 Å². The van der Waals surface area contributed by atoms with E-state index in [0.717, 1.165) is 11.8 Å². The molecule has 0 heterocycles. The standard InChI is InChI=1S/C28H33.Zr/c1-3-8-21(9-4-1)18-22-19-26-12-7-13-27(28(26)20-22)25-16-14-24(15-17-25)23-10-5-2-6-11-23;/h7,12-17,19-21,23H,1-6,8-11,18H2;. The molecule has 0 amide bonds. The molecule has 2 saturated carbocycles. The molecule has 0 saturated heterocycles. The fourth-order valence-electron chi connectivity index (χ4n) is 5.76. The summed E-state index contributed by atoms with van der Waals surface area (Å²) in [5.74, 6) is 1.70. The second-order valence-electron chi connectivity index (χ2n) is 9.34. The van der Waals surface area contributed by atoms with Crippen molar-refractivity contribution >= 4 is 6.08 Å². The summed E-state index contributed by atoms with van der Waals surface area (Å²) in [5, 5.41) is 0. The molecule has 2 aromatic carbocycles. The third-order valence-corrected chi connectivity index (χ3v) is 7.36. The van der Waals surface area contributed by atoms with E-state index in [1.165, 1.54) is 92.9 Å². The molecule has 0 N–H and O–H groups in total. The van der Waals surface area contributed by atoms with Gasteiger partial charge < -0.3 is 0 Å². The summed E-state index contributed by atoms with van der Waals surface area (Å²) in [4.78, 5) is 0. The second-order valence-corrected chi connectivity index (χ2v) is 9.34. The first kappa shape index (κ1) is 21.3. The summed E-state index contributed by atoms with van der Waals surface area (Å²) in [5.41, 5.74) is 8.74. The average molecular weight is 461 g/mol. The minimum Gasteiger partial charge on any atom is -0.0613 e. The van der Waals surface area contributed by atoms with E-state index in [-0.39, 0.29) is 26.2 Å². The number of allylic oxidation sites excluding steroid dienone is 1. The summed E-state index contributed by atoms with van der Waals surface area (Å²) in [6.07, 6.45) is 20.4. The molecular formula is C28H33Zr. The first-order valence-corrected chi connectivity index (χ1v) is 11.7. The van der Waals surface area contributed by atoms with Crippen molar-refractivity contribution in [2.75, 3.05) is 0 Å². The average Bonchev–Trinajstić information content (AvgIpc) is 3.18. The van der Waals surface area contributed by atoms with Gasteiger partial charge in [0.2, 0.25) is 0 Å². The SMILES string of the molecule is [CH]1C(CC2CCCCC2)=Cc2c1cccc2-c1ccc(C2CCCCC2)cc1.[Zr]. The summed E-state index contributed by atoms with van der Waals surface area (Å²) >= 11 is 0. The van der Waals surface area contributed by atoms with Gasteiger partial charge in [0, 0.05) is 32.6 Å². The van der Waals surface area contributed by atoms with Crippen molar-refractivity contribution in [3.63, 3.8) is 0 Å². The molecule has 3 aliphatic rings. The van der Waals surface area contributed by atoms with Gasteiger partial charge in [-0.25, -0.2) is 0 Å². The Kier molecular flexibility index (Phi) is 7.28. The second kappa shape index (κ2) is 9.91. The predicted octanol–water partition coefficient (Wildman–Crippen LogP) is 8.32. The molecule has 29 heavy (non-hydrogen) atoms. The van der Waals surface area contributed by atoms with Crippen LogP contribution in [0.5, 0.6) is 0 Å². The minimum absolute atomic E-state index is 0. The molecule has 0 bridgehead atoms. The van der Waals surface area contributed by atoms with E-state index in [0.29, 0.717) is 0 Å². The summed E-state index contributed by atoms with van der Waals surface area (Å²) in [6.45, 7) is 0. The van der Waals surface area contributed by atoms with E-state index in [1.807, 2.05) is 0 Å². The molecule has 0 aromatic heterocycles. The van der Waals surface area contributed by atoms with E-state index >= 15 is 0 Å². The molecule has 1 heteroatoms. The van der Waals surface area contributed by atoms with Gasteiger partial charge in [-0.2, -0.15) is 0 Å². The van der Waals surface area contributed by atoms with Crippen LogP contribution in [0, 0.1) is 12.3 Å². The Morgan fingerprint density at radius 3 is 2.14 bits per heavy atom. The van der Waals surface area contributed by atoms with Crippen molar-refractivity contribution in [2.45, 2.75) is 76.5 Å². The molecular weight excluding hydrogens is 428 g/mol. The zero-order valence-corrected chi connectivity index (χ0v) is 20.1. The molecule has 0 spiro atoms. The van der Waals surface area contributed by atoms with Crippen LogP contribution in [0.2, 0.25) is 0 Å². The van der Waals surface area contributed by atoms with Crippen molar-refractivity contribution in [2.24, 2.45) is 5.92 Å². The summed E-state index contributed by atoms with van der Waals surface area (Å²) < 4.78 is 0. The first-order chi connectivity index (χ1) is 13.9. The number of benzene rings is 2. The van der Waals surface area contributed by atoms with Crippen LogP contribution < -0.4 is 0 Å². The molecule has 1 radical (unpaired) electrons. The zero-order chi connectivity index (χ0) is 18.8. The van der Waals surface area contributed by atoms with Crippen LogP contribution in [0.15, 0.2) is 48.0 Å². The fourth-order valence-corrected chi connectivity index (χ4v) is 5.76. The van der Waals surface area contributed by atoms with E-state index in [4.69, 9.17) is 0 Å². The van der Waals surface area contributed by atoms with Gasteiger partial charge in [0.1, 0.15) is 0 Å². The normalized spacial score (nSPS) is 20.1. The Labute approximate surface area is 196 Å². The monoisotopic (exact) mass is 459 g/mol. The maximum atomic E-state index is 2.48. The van der Waals surface area contributed by atoms with E-state index < -0.39 is 0 Å². The van der Waals surface area contributed by atoms with Gasteiger partial charge >= 0.3 is 0 Å². The Hall–Kier alpha value is -0.937. The number of rotatable bonds is 4. The van der Waals surface area contributed by atoms with Gasteiger partial charge in [0.25, 0.3) is 0 Å². The molecule has 0 nitrogen and oxygen atoms in total. The Morgan fingerprint density at radius 1 is 0.724 bits per heavy atom. The topological polar surface area (TPSA) is 0 Å². The van der Waals surface area contributed by atoms with Crippen LogP contribution >= 0.6 is 0 Å². The number of hydrogen-bond donors (Lipinski definition) is 0. The molecule has 3 aliphatic carbocycles. The third kappa shape index (κ3) is 4.87. The van der Waals surface area contributed by atoms with Crippen molar-refractivity contribution in [1.82, 2.24) is 0 Å².